The second-order valence-corrected chi connectivity index (χ2v) is 7.02. The minimum Gasteiger partial charge on any atom is -0.390 e. The van der Waals surface area contributed by atoms with Crippen LogP contribution in [0, 0.1) is 22.7 Å². The van der Waals surface area contributed by atoms with E-state index in [0.717, 1.165) is 12.8 Å². The molecule has 0 aromatic rings. The van der Waals surface area contributed by atoms with Gasteiger partial charge < -0.3 is 9.85 Å². The first-order valence-corrected chi connectivity index (χ1v) is 6.40. The van der Waals surface area contributed by atoms with Crippen molar-refractivity contribution in [3.63, 3.8) is 0 Å². The van der Waals surface area contributed by atoms with Crippen molar-refractivity contribution in [3.8, 4) is 0 Å². The van der Waals surface area contributed by atoms with Crippen LogP contribution in [-0.2, 0) is 4.74 Å². The summed E-state index contributed by atoms with van der Waals surface area (Å²) in [5.41, 5.74) is -0.275. The first-order valence-electron chi connectivity index (χ1n) is 7.81. The van der Waals surface area contributed by atoms with Crippen LogP contribution in [0.15, 0.2) is 0 Å². The van der Waals surface area contributed by atoms with E-state index in [1.54, 1.807) is 0 Å². The summed E-state index contributed by atoms with van der Waals surface area (Å²) in [6, 6.07) is 0. The highest BCUT2D eigenvalue weighted by atomic mass is 16.5. The fourth-order valence-corrected chi connectivity index (χ4v) is 4.86. The van der Waals surface area contributed by atoms with Gasteiger partial charge in [-0.05, 0) is 43.9 Å². The number of methoxy groups -OCH3 is 1. The molecule has 0 saturated heterocycles. The summed E-state index contributed by atoms with van der Waals surface area (Å²) < 4.78 is 23.2. The van der Waals surface area contributed by atoms with Crippen LogP contribution in [0.4, 0.5) is 0 Å². The lowest BCUT2D eigenvalue weighted by atomic mass is 9.55. The normalized spacial score (nSPS) is 47.6. The molecule has 2 heteroatoms. The van der Waals surface area contributed by atoms with E-state index < -0.39 is 5.60 Å². The SMILES string of the molecule is [3H]OC(C)(C)C12CC([C@H](C)C1)[C@H](OC)C2(C)C.[3H][3H]. The van der Waals surface area contributed by atoms with Crippen molar-refractivity contribution in [1.82, 2.24) is 0 Å². The van der Waals surface area contributed by atoms with Crippen LogP contribution in [0.5, 0.6) is 0 Å². The maximum absolute atomic E-state index is 7.44. The van der Waals surface area contributed by atoms with Crippen molar-refractivity contribution in [2.45, 2.75) is 59.2 Å². The Morgan fingerprint density at radius 1 is 1.50 bits per heavy atom. The number of rotatable bonds is 3. The highest BCUT2D eigenvalue weighted by molar-refractivity contribution is 5.18. The number of ether oxygens (including phenoxy) is 1. The second kappa shape index (κ2) is 3.23. The Morgan fingerprint density at radius 2 is 2.12 bits per heavy atom. The zero-order valence-electron chi connectivity index (χ0n) is 14.5. The first-order chi connectivity index (χ1) is 8.73. The minimum absolute atomic E-state index is 0.0620. The molecule has 0 amide bonds. The van der Waals surface area contributed by atoms with Crippen molar-refractivity contribution in [3.05, 3.63) is 0 Å². The van der Waals surface area contributed by atoms with E-state index in [1.807, 2.05) is 7.11 Å². The number of hydrogen-bond acceptors (Lipinski definition) is 2. The molecule has 2 unspecified atom stereocenters. The van der Waals surface area contributed by atoms with Gasteiger partial charge >= 0.3 is 0 Å². The molecule has 2 fully saturated rings. The predicted molar refractivity (Wildman–Crippen MR) is 67.3 cm³/mol. The lowest BCUT2D eigenvalue weighted by Gasteiger charge is -2.53. The first kappa shape index (κ1) is 9.90. The molecule has 2 bridgehead atoms. The van der Waals surface area contributed by atoms with Gasteiger partial charge in [0.1, 0.15) is 0 Å². The molecule has 2 nitrogen and oxygen atoms in total. The third kappa shape index (κ3) is 1.20. The Labute approximate surface area is 104 Å². The van der Waals surface area contributed by atoms with Gasteiger partial charge in [-0.15, -0.1) is 0 Å². The average molecular weight is 234 g/mol. The number of aliphatic hydroxyl groups is 1. The van der Waals surface area contributed by atoms with Gasteiger partial charge in [0, 0.05) is 15.5 Å². The summed E-state index contributed by atoms with van der Waals surface area (Å²) in [7, 11) is 1.82. The van der Waals surface area contributed by atoms with Gasteiger partial charge in [-0.25, -0.2) is 0 Å². The number of fused-ring (bicyclic) bond motifs is 2. The monoisotopic (exact) mass is 234 g/mol. The molecule has 0 heterocycles. The molecule has 0 radical (unpaired) electrons. The van der Waals surface area contributed by atoms with Crippen LogP contribution in [-0.4, -0.2) is 25.4 Å². The molecule has 4 atom stereocenters. The molecule has 96 valence electrons. The van der Waals surface area contributed by atoms with Crippen molar-refractivity contribution in [2.24, 2.45) is 22.7 Å². The maximum Gasteiger partial charge on any atom is 0.211 e. The van der Waals surface area contributed by atoms with E-state index in [2.05, 4.69) is 34.6 Å². The van der Waals surface area contributed by atoms with Crippen LogP contribution >= 0.6 is 0 Å². The molecule has 2 aliphatic rings. The lowest BCUT2D eigenvalue weighted by molar-refractivity contribution is -0.156. The fraction of sp³-hybridized carbons (Fsp3) is 1.00. The van der Waals surface area contributed by atoms with E-state index in [1.165, 1.54) is 0 Å². The third-order valence-corrected chi connectivity index (χ3v) is 5.73. The average Bonchev–Trinajstić information content (AvgIpc) is 2.82. The lowest BCUT2D eigenvalue weighted by Crippen LogP contribution is -2.55. The summed E-state index contributed by atoms with van der Waals surface area (Å²) in [6.07, 6.45) is 2.57. The standard InChI is InChI=1S/C14H26O2.H2/c1-9-7-14(13(4,5)15)8-10(9)11(16-6)12(14,2)3;/h9-11,15H,7-8H2,1-6H3;1H/t9-,10?,11+,14?;/m1./s1/i15T;1+2T. The quantitative estimate of drug-likeness (QED) is 0.813. The van der Waals surface area contributed by atoms with Crippen molar-refractivity contribution >= 4 is 0 Å². The molecular weight excluding hydrogens is 200 g/mol. The Balaban J connectivity index is 0.000000861. The predicted octanol–water partition coefficient (Wildman–Crippen LogP) is 3.09. The Morgan fingerprint density at radius 3 is 2.56 bits per heavy atom. The molecule has 0 aromatic carbocycles. The van der Waals surface area contributed by atoms with Crippen molar-refractivity contribution < 1.29 is 12.8 Å². The Kier molecular flexibility index (Phi) is 2.00. The van der Waals surface area contributed by atoms with E-state index in [-0.39, 0.29) is 10.8 Å². The molecule has 0 aromatic heterocycles. The van der Waals surface area contributed by atoms with Crippen LogP contribution in [0.2, 0.25) is 0 Å². The van der Waals surface area contributed by atoms with Gasteiger partial charge in [0.15, 0.2) is 0 Å². The smallest absolute Gasteiger partial charge is 0.211 e. The molecule has 16 heavy (non-hydrogen) atoms. The molecular formula is C14H28O2. The number of hydrogen-bond donors (Lipinski definition) is 1. The van der Waals surface area contributed by atoms with Crippen molar-refractivity contribution in [1.29, 1.82) is 1.43 Å². The molecule has 0 aliphatic heterocycles. The summed E-state index contributed by atoms with van der Waals surface area (Å²) >= 11 is 0. The van der Waals surface area contributed by atoms with E-state index in [4.69, 9.17) is 14.2 Å². The van der Waals surface area contributed by atoms with Gasteiger partial charge in [-0.2, -0.15) is 0 Å². The summed E-state index contributed by atoms with van der Waals surface area (Å²) in [4.78, 5) is 0. The van der Waals surface area contributed by atoms with Crippen LogP contribution in [0.3, 0.4) is 0 Å². The van der Waals surface area contributed by atoms with Crippen molar-refractivity contribution in [2.75, 3.05) is 7.11 Å². The molecule has 2 rings (SSSR count). The van der Waals surface area contributed by atoms with Gasteiger partial charge in [-0.3, -0.25) is 0 Å². The largest absolute Gasteiger partial charge is 0.390 e. The second-order valence-electron chi connectivity index (χ2n) is 7.02. The summed E-state index contributed by atoms with van der Waals surface area (Å²) in [6.45, 7) is 11.0. The van der Waals surface area contributed by atoms with Crippen LogP contribution in [0.1, 0.15) is 50.4 Å². The molecule has 2 aliphatic carbocycles. The third-order valence-electron chi connectivity index (χ3n) is 5.73. The minimum atomic E-state index is -0.410. The van der Waals surface area contributed by atoms with E-state index in [9.17, 15) is 0 Å². The van der Waals surface area contributed by atoms with Crippen LogP contribution < -0.4 is 0 Å². The summed E-state index contributed by atoms with van der Waals surface area (Å²) in [5.74, 6) is 1.28. The topological polar surface area (TPSA) is 29.5 Å². The fourth-order valence-electron chi connectivity index (χ4n) is 4.86. The van der Waals surface area contributed by atoms with E-state index >= 15 is 0 Å². The van der Waals surface area contributed by atoms with Crippen LogP contribution in [0.25, 0.3) is 0 Å². The zero-order chi connectivity index (χ0) is 15.1. The highest BCUT2D eigenvalue weighted by Gasteiger charge is 2.69. The van der Waals surface area contributed by atoms with Gasteiger partial charge in [0.2, 0.25) is 1.43 Å². The summed E-state index contributed by atoms with van der Waals surface area (Å²) in [5, 5.41) is 5.11. The molecule has 2 saturated carbocycles. The van der Waals surface area contributed by atoms with Gasteiger partial charge in [0.05, 0.1) is 11.7 Å². The molecule has 0 spiro atoms. The highest BCUT2D eigenvalue weighted by Crippen LogP contribution is 2.70. The van der Waals surface area contributed by atoms with Gasteiger partial charge in [0.25, 0.3) is 0 Å². The molecule has 1 N–H and O–H groups in total. The van der Waals surface area contributed by atoms with Gasteiger partial charge in [-0.1, -0.05) is 20.8 Å². The Hall–Kier alpha value is -0.0800. The zero-order valence-corrected chi connectivity index (χ0v) is 11.5. The van der Waals surface area contributed by atoms with E-state index in [0.29, 0.717) is 17.9 Å². The Bertz CT molecular complexity index is 320. The maximum atomic E-state index is 7.44.